The molecule has 0 saturated heterocycles. The van der Waals surface area contributed by atoms with Crippen molar-refractivity contribution < 1.29 is 80.2 Å². The van der Waals surface area contributed by atoms with Gasteiger partial charge < -0.3 is 33.8 Å². The van der Waals surface area contributed by atoms with Crippen molar-refractivity contribution in [1.82, 2.24) is 0 Å². The summed E-state index contributed by atoms with van der Waals surface area (Å²) < 4.78 is 68.5. The number of aliphatic hydroxyl groups excluding tert-OH is 1. The fraction of sp³-hybridized carbons (Fsp3) is 0.823. The fourth-order valence-corrected chi connectivity index (χ4v) is 12.5. The minimum atomic E-state index is -4.98. The van der Waals surface area contributed by atoms with Crippen molar-refractivity contribution in [1.29, 1.82) is 0 Å². The molecule has 0 heterocycles. The van der Waals surface area contributed by atoms with Crippen molar-refractivity contribution in [2.24, 2.45) is 0 Å². The third-order valence-corrected chi connectivity index (χ3v) is 18.9. The van der Waals surface area contributed by atoms with E-state index in [4.69, 9.17) is 37.0 Å². The molecule has 0 bridgehead atoms. The number of aliphatic hydroxyl groups is 1. The highest BCUT2D eigenvalue weighted by Crippen LogP contribution is 2.45. The number of rotatable bonds is 75. The van der Waals surface area contributed by atoms with Crippen LogP contribution < -0.4 is 0 Å². The molecule has 0 aliphatic heterocycles. The van der Waals surface area contributed by atoms with Gasteiger partial charge in [-0.1, -0.05) is 307 Å². The number of unbranched alkanes of at least 4 members (excludes halogenated alkanes) is 39. The smallest absolute Gasteiger partial charge is 0.462 e. The number of allylic oxidation sites excluding steroid dienone is 10. The number of hydrogen-bond acceptors (Lipinski definition) is 15. The molecule has 0 spiro atoms. The molecule has 0 aromatic heterocycles. The number of phosphoric ester groups is 2. The summed E-state index contributed by atoms with van der Waals surface area (Å²) in [7, 11) is -9.95. The molecule has 98 heavy (non-hydrogen) atoms. The average Bonchev–Trinajstić information content (AvgIpc) is 1.05. The Labute approximate surface area is 597 Å². The van der Waals surface area contributed by atoms with E-state index in [0.29, 0.717) is 32.1 Å². The number of hydrogen-bond donors (Lipinski definition) is 3. The molecule has 0 aliphatic carbocycles. The van der Waals surface area contributed by atoms with Crippen molar-refractivity contribution in [3.8, 4) is 0 Å². The van der Waals surface area contributed by atoms with E-state index in [0.717, 1.165) is 122 Å². The maximum atomic E-state index is 13.1. The molecule has 0 radical (unpaired) electrons. The van der Waals surface area contributed by atoms with Crippen LogP contribution in [0.4, 0.5) is 0 Å². The van der Waals surface area contributed by atoms with Crippen LogP contribution in [0.25, 0.3) is 0 Å². The van der Waals surface area contributed by atoms with E-state index in [1.54, 1.807) is 0 Å². The van der Waals surface area contributed by atoms with Crippen LogP contribution in [0.3, 0.4) is 0 Å². The standard InChI is InChI=1S/C79H144O17P2/c1-5-9-13-17-21-25-29-33-35-36-38-41-44-48-52-56-60-64-77(82)90-70-75(96-79(84)66-62-58-54-50-46-42-37-34-30-26-22-18-14-10-6-2)72-94-98(87,88)92-68-73(80)67-91-97(85,86)93-71-74(95-78(83)65-61-57-53-49-45-40-32-28-24-20-16-12-8-4)69-89-76(81)63-59-55-51-47-43-39-31-27-23-19-15-11-7-3/h21,25-26,30,33,35,38,41,48,52,73-75,80H,5-20,22-24,27-29,31-32,34,36-37,39-40,42-47,49-51,53-72H2,1-4H3,(H,85,86)(H,87,88)/b25-21-,30-26-,35-33-,41-38-,52-48-/t73-,74+,75+/m0/s1. The van der Waals surface area contributed by atoms with E-state index in [-0.39, 0.29) is 25.7 Å². The van der Waals surface area contributed by atoms with E-state index < -0.39 is 97.5 Å². The number of ether oxygens (including phenoxy) is 4. The number of esters is 4. The van der Waals surface area contributed by atoms with Crippen molar-refractivity contribution >= 4 is 39.5 Å². The maximum absolute atomic E-state index is 13.1. The average molecular weight is 1430 g/mol. The zero-order chi connectivity index (χ0) is 71.8. The van der Waals surface area contributed by atoms with Gasteiger partial charge in [0.05, 0.1) is 26.4 Å². The predicted molar refractivity (Wildman–Crippen MR) is 400 cm³/mol. The van der Waals surface area contributed by atoms with Crippen LogP contribution in [0.15, 0.2) is 60.8 Å². The minimum Gasteiger partial charge on any atom is -0.462 e. The van der Waals surface area contributed by atoms with Crippen LogP contribution in [0.5, 0.6) is 0 Å². The first-order valence-electron chi connectivity index (χ1n) is 39.5. The molecule has 0 aromatic carbocycles. The molecule has 17 nitrogen and oxygen atoms in total. The Bertz CT molecular complexity index is 2100. The SMILES string of the molecule is CCCCC/C=C\C/C=C\C/C=C\C/C=C\CCCC(=O)OC[C@H](COP(=O)(O)OC[C@@H](O)COP(=O)(O)OC[C@@H](COC(=O)CCCCCCCCCCCCCCC)OC(=O)CCCCCCCCCCCCCCC)OC(=O)CCCCCCCCC/C=C\CCCCCC. The van der Waals surface area contributed by atoms with Gasteiger partial charge in [0.2, 0.25) is 0 Å². The third-order valence-electron chi connectivity index (χ3n) is 17.0. The molecule has 0 fully saturated rings. The molecule has 0 amide bonds. The van der Waals surface area contributed by atoms with Gasteiger partial charge in [0.25, 0.3) is 0 Å². The highest BCUT2D eigenvalue weighted by Gasteiger charge is 2.30. The minimum absolute atomic E-state index is 0.0822. The lowest BCUT2D eigenvalue weighted by Gasteiger charge is -2.21. The zero-order valence-corrected chi connectivity index (χ0v) is 64.3. The molecule has 0 aromatic rings. The summed E-state index contributed by atoms with van der Waals surface area (Å²) in [5.74, 6) is -2.21. The van der Waals surface area contributed by atoms with E-state index in [1.165, 1.54) is 154 Å². The zero-order valence-electron chi connectivity index (χ0n) is 62.5. The molecule has 0 rings (SSSR count). The quantitative estimate of drug-likeness (QED) is 0.0169. The van der Waals surface area contributed by atoms with E-state index in [9.17, 15) is 43.2 Å². The van der Waals surface area contributed by atoms with Gasteiger partial charge >= 0.3 is 39.5 Å². The lowest BCUT2D eigenvalue weighted by Crippen LogP contribution is -2.30. The van der Waals surface area contributed by atoms with Crippen molar-refractivity contribution in [3.63, 3.8) is 0 Å². The summed E-state index contributed by atoms with van der Waals surface area (Å²) in [6, 6.07) is 0. The third kappa shape index (κ3) is 71.2. The van der Waals surface area contributed by atoms with Crippen LogP contribution in [0, 0.1) is 0 Å². The molecule has 3 N–H and O–H groups in total. The van der Waals surface area contributed by atoms with Gasteiger partial charge in [-0.15, -0.1) is 0 Å². The summed E-state index contributed by atoms with van der Waals surface area (Å²) in [5, 5.41) is 10.6. The number of phosphoric acid groups is 2. The molecule has 5 atom stereocenters. The highest BCUT2D eigenvalue weighted by atomic mass is 31.2. The van der Waals surface area contributed by atoms with E-state index in [1.807, 2.05) is 12.2 Å². The molecule has 19 heteroatoms. The lowest BCUT2D eigenvalue weighted by atomic mass is 10.0. The lowest BCUT2D eigenvalue weighted by molar-refractivity contribution is -0.161. The predicted octanol–water partition coefficient (Wildman–Crippen LogP) is 22.7. The van der Waals surface area contributed by atoms with E-state index >= 15 is 0 Å². The Morgan fingerprint density at radius 3 is 0.847 bits per heavy atom. The molecular formula is C79H144O17P2. The first kappa shape index (κ1) is 94.8. The Morgan fingerprint density at radius 1 is 0.286 bits per heavy atom. The van der Waals surface area contributed by atoms with Crippen LogP contribution >= 0.6 is 15.6 Å². The molecule has 2 unspecified atom stereocenters. The van der Waals surface area contributed by atoms with Gasteiger partial charge in [-0.25, -0.2) is 9.13 Å². The Hall–Kier alpha value is -3.24. The summed E-state index contributed by atoms with van der Waals surface area (Å²) in [6.07, 6.45) is 70.6. The number of carbonyl (C=O) groups excluding carboxylic acids is 4. The van der Waals surface area contributed by atoms with Gasteiger partial charge in [0.1, 0.15) is 19.3 Å². The Kier molecular flexibility index (Phi) is 69.7. The first-order valence-corrected chi connectivity index (χ1v) is 42.5. The van der Waals surface area contributed by atoms with Gasteiger partial charge in [-0.3, -0.25) is 37.3 Å². The number of carbonyl (C=O) groups is 4. The summed E-state index contributed by atoms with van der Waals surface area (Å²) in [6.45, 7) is 4.83. The molecule has 572 valence electrons. The van der Waals surface area contributed by atoms with Gasteiger partial charge in [-0.2, -0.15) is 0 Å². The Balaban J connectivity index is 5.36. The van der Waals surface area contributed by atoms with Gasteiger partial charge in [0, 0.05) is 25.7 Å². The normalized spacial score (nSPS) is 14.2. The monoisotopic (exact) mass is 1430 g/mol. The van der Waals surface area contributed by atoms with Crippen LogP contribution in [0.1, 0.15) is 362 Å². The second-order valence-corrected chi connectivity index (χ2v) is 29.6. The maximum Gasteiger partial charge on any atom is 0.472 e. The van der Waals surface area contributed by atoms with Gasteiger partial charge in [0.15, 0.2) is 12.2 Å². The Morgan fingerprint density at radius 2 is 0.510 bits per heavy atom. The topological polar surface area (TPSA) is 237 Å². The second kappa shape index (κ2) is 72.1. The summed E-state index contributed by atoms with van der Waals surface area (Å²) >= 11 is 0. The highest BCUT2D eigenvalue weighted by molar-refractivity contribution is 7.47. The second-order valence-electron chi connectivity index (χ2n) is 26.7. The van der Waals surface area contributed by atoms with Crippen molar-refractivity contribution in [3.05, 3.63) is 60.8 Å². The first-order chi connectivity index (χ1) is 47.7. The van der Waals surface area contributed by atoms with Crippen molar-refractivity contribution in [2.75, 3.05) is 39.6 Å². The van der Waals surface area contributed by atoms with Crippen molar-refractivity contribution in [2.45, 2.75) is 380 Å². The molecule has 0 aliphatic rings. The van der Waals surface area contributed by atoms with Crippen LogP contribution in [-0.4, -0.2) is 96.7 Å². The largest absolute Gasteiger partial charge is 0.472 e. The van der Waals surface area contributed by atoms with Crippen LogP contribution in [0.2, 0.25) is 0 Å². The van der Waals surface area contributed by atoms with E-state index in [2.05, 4.69) is 76.3 Å². The molecular weight excluding hydrogens is 1280 g/mol. The fourth-order valence-electron chi connectivity index (χ4n) is 10.9. The van der Waals surface area contributed by atoms with Gasteiger partial charge in [-0.05, 0) is 89.9 Å². The summed E-state index contributed by atoms with van der Waals surface area (Å²) in [5.41, 5.74) is 0. The summed E-state index contributed by atoms with van der Waals surface area (Å²) in [4.78, 5) is 72.9. The van der Waals surface area contributed by atoms with Crippen LogP contribution in [-0.2, 0) is 65.4 Å². The molecule has 0 saturated carbocycles.